The highest BCUT2D eigenvalue weighted by Gasteiger charge is 2.54. The molecule has 1 unspecified atom stereocenters. The number of hydrogen-bond donors (Lipinski definition) is 0. The molecule has 0 saturated heterocycles. The van der Waals surface area contributed by atoms with Crippen LogP contribution in [-0.4, -0.2) is 4.92 Å². The normalized spacial score (nSPS) is 18.4. The molecule has 4 aliphatic carbocycles. The first-order valence-corrected chi connectivity index (χ1v) is 14.5. The van der Waals surface area contributed by atoms with Gasteiger partial charge in [-0.25, -0.2) is 0 Å². The van der Waals surface area contributed by atoms with Gasteiger partial charge in [0.15, 0.2) is 0 Å². The fourth-order valence-corrected chi connectivity index (χ4v) is 8.17. The van der Waals surface area contributed by atoms with Crippen LogP contribution in [0.5, 0.6) is 0 Å². The lowest BCUT2D eigenvalue weighted by molar-refractivity contribution is -0.382. The Morgan fingerprint density at radius 2 is 1.38 bits per heavy atom. The van der Waals surface area contributed by atoms with Crippen molar-refractivity contribution in [1.82, 2.24) is 0 Å². The Labute approximate surface area is 243 Å². The van der Waals surface area contributed by atoms with Gasteiger partial charge in [-0.2, -0.15) is 0 Å². The van der Waals surface area contributed by atoms with Crippen molar-refractivity contribution in [3.05, 3.63) is 177 Å². The molecule has 3 heteroatoms. The van der Waals surface area contributed by atoms with Crippen LogP contribution in [0.1, 0.15) is 28.7 Å². The van der Waals surface area contributed by atoms with Crippen LogP contribution in [-0.2, 0) is 5.41 Å². The van der Waals surface area contributed by atoms with Crippen LogP contribution in [0.4, 0.5) is 5.69 Å². The lowest BCUT2D eigenvalue weighted by Crippen LogP contribution is -2.30. The summed E-state index contributed by atoms with van der Waals surface area (Å²) in [5, 5.41) is 14.3. The van der Waals surface area contributed by atoms with Crippen LogP contribution < -0.4 is 0 Å². The largest absolute Gasteiger partial charge is 0.284 e. The standard InChI is InChI=1S/C39H25NO2/c41-40(42)38-27-13-4-3-10-24(27)20-21-32(38)30-16-9-17-31-33-22-25-11-1-2-12-26(25)23-36(33)39(37(30)31)34-18-7-5-14-28(34)29-15-6-8-19-35(29)39/h1-22,26H,23H2. The monoisotopic (exact) mass is 539 g/mol. The van der Waals surface area contributed by atoms with Gasteiger partial charge in [-0.1, -0.05) is 121 Å². The summed E-state index contributed by atoms with van der Waals surface area (Å²) in [6, 6.07) is 35.5. The molecule has 0 aliphatic heterocycles. The molecule has 5 aromatic rings. The average molecular weight is 540 g/mol. The van der Waals surface area contributed by atoms with E-state index in [1.807, 2.05) is 36.4 Å². The summed E-state index contributed by atoms with van der Waals surface area (Å²) in [6.07, 6.45) is 12.1. The molecule has 0 radical (unpaired) electrons. The minimum Gasteiger partial charge on any atom is -0.258 e. The summed E-state index contributed by atoms with van der Waals surface area (Å²) in [4.78, 5) is 12.6. The number of allylic oxidation sites excluding steroid dienone is 8. The molecule has 42 heavy (non-hydrogen) atoms. The molecule has 3 nitrogen and oxygen atoms in total. The Bertz CT molecular complexity index is 2110. The predicted octanol–water partition coefficient (Wildman–Crippen LogP) is 9.57. The van der Waals surface area contributed by atoms with Gasteiger partial charge in [0.25, 0.3) is 5.69 Å². The maximum atomic E-state index is 12.8. The minimum absolute atomic E-state index is 0.166. The molecule has 0 amide bonds. The molecule has 0 fully saturated rings. The maximum Gasteiger partial charge on any atom is 0.284 e. The molecule has 0 aromatic heterocycles. The molecule has 198 valence electrons. The number of nitrogens with zero attached hydrogens (tertiary/aromatic N) is 1. The summed E-state index contributed by atoms with van der Waals surface area (Å²) in [7, 11) is 0. The summed E-state index contributed by atoms with van der Waals surface area (Å²) in [6.45, 7) is 0. The van der Waals surface area contributed by atoms with Crippen molar-refractivity contribution in [3.8, 4) is 22.3 Å². The highest BCUT2D eigenvalue weighted by molar-refractivity contribution is 6.04. The van der Waals surface area contributed by atoms with Gasteiger partial charge in [-0.15, -0.1) is 0 Å². The van der Waals surface area contributed by atoms with Crippen molar-refractivity contribution in [1.29, 1.82) is 0 Å². The van der Waals surface area contributed by atoms with E-state index >= 15 is 0 Å². The van der Waals surface area contributed by atoms with Gasteiger partial charge in [0.2, 0.25) is 0 Å². The molecule has 9 rings (SSSR count). The number of fused-ring (bicyclic) bond motifs is 11. The Morgan fingerprint density at radius 1 is 0.690 bits per heavy atom. The second-order valence-corrected chi connectivity index (χ2v) is 11.6. The molecule has 5 aromatic carbocycles. The van der Waals surface area contributed by atoms with E-state index in [0.717, 1.165) is 22.9 Å². The van der Waals surface area contributed by atoms with Crippen LogP contribution in [0.3, 0.4) is 0 Å². The van der Waals surface area contributed by atoms with Gasteiger partial charge >= 0.3 is 0 Å². The molecular formula is C39H25NO2. The van der Waals surface area contributed by atoms with Crippen molar-refractivity contribution in [3.63, 3.8) is 0 Å². The summed E-state index contributed by atoms with van der Waals surface area (Å²) >= 11 is 0. The number of rotatable bonds is 2. The van der Waals surface area contributed by atoms with Crippen molar-refractivity contribution < 1.29 is 4.92 Å². The first kappa shape index (κ1) is 23.4. The maximum absolute atomic E-state index is 12.8. The van der Waals surface area contributed by atoms with Crippen LogP contribution in [0.25, 0.3) is 38.6 Å². The third kappa shape index (κ3) is 2.85. The van der Waals surface area contributed by atoms with Gasteiger partial charge in [-0.3, -0.25) is 10.1 Å². The van der Waals surface area contributed by atoms with E-state index in [2.05, 4.69) is 97.1 Å². The number of nitro groups is 1. The molecule has 0 heterocycles. The van der Waals surface area contributed by atoms with Crippen LogP contribution in [0, 0.1) is 16.0 Å². The Balaban J connectivity index is 1.45. The summed E-state index contributed by atoms with van der Waals surface area (Å²) in [5.41, 5.74) is 12.5. The lowest BCUT2D eigenvalue weighted by atomic mass is 9.65. The predicted molar refractivity (Wildman–Crippen MR) is 169 cm³/mol. The van der Waals surface area contributed by atoms with E-state index < -0.39 is 5.41 Å². The van der Waals surface area contributed by atoms with Crippen molar-refractivity contribution in [2.75, 3.05) is 0 Å². The van der Waals surface area contributed by atoms with E-state index in [1.54, 1.807) is 0 Å². The molecule has 0 N–H and O–H groups in total. The topological polar surface area (TPSA) is 43.1 Å². The van der Waals surface area contributed by atoms with E-state index in [1.165, 1.54) is 44.5 Å². The fourth-order valence-electron chi connectivity index (χ4n) is 8.17. The zero-order valence-electron chi connectivity index (χ0n) is 22.7. The molecule has 4 aliphatic rings. The van der Waals surface area contributed by atoms with Crippen LogP contribution in [0.2, 0.25) is 0 Å². The zero-order valence-corrected chi connectivity index (χ0v) is 22.7. The molecule has 0 bridgehead atoms. The van der Waals surface area contributed by atoms with Crippen LogP contribution >= 0.6 is 0 Å². The van der Waals surface area contributed by atoms with Gasteiger partial charge < -0.3 is 0 Å². The fraction of sp³-hybridized carbons (Fsp3) is 0.0769. The molecule has 1 spiro atoms. The first-order chi connectivity index (χ1) is 20.7. The van der Waals surface area contributed by atoms with E-state index in [-0.39, 0.29) is 10.6 Å². The number of hydrogen-bond acceptors (Lipinski definition) is 2. The Morgan fingerprint density at radius 3 is 2.17 bits per heavy atom. The van der Waals surface area contributed by atoms with Crippen molar-refractivity contribution in [2.24, 2.45) is 5.92 Å². The number of benzene rings is 5. The van der Waals surface area contributed by atoms with Crippen LogP contribution in [0.15, 0.2) is 145 Å². The summed E-state index contributed by atoms with van der Waals surface area (Å²) in [5.74, 6) is 0.304. The average Bonchev–Trinajstić information content (AvgIpc) is 3.50. The lowest BCUT2D eigenvalue weighted by Gasteiger charge is -2.36. The molecule has 0 saturated carbocycles. The SMILES string of the molecule is O=[N+]([O-])c1c(-c2cccc3c2C2(C4=C3C=C3C=CC=CC3C4)c3ccccc3-c3ccccc32)ccc2ccccc12. The van der Waals surface area contributed by atoms with Gasteiger partial charge in [0, 0.05) is 5.92 Å². The third-order valence-electron chi connectivity index (χ3n) is 9.74. The van der Waals surface area contributed by atoms with Crippen molar-refractivity contribution >= 4 is 22.0 Å². The van der Waals surface area contributed by atoms with Gasteiger partial charge in [0.05, 0.1) is 21.3 Å². The smallest absolute Gasteiger partial charge is 0.258 e. The first-order valence-electron chi connectivity index (χ1n) is 14.5. The Kier molecular flexibility index (Phi) is 4.67. The Hall–Kier alpha value is -5.28. The molecular weight excluding hydrogens is 514 g/mol. The highest BCUT2D eigenvalue weighted by atomic mass is 16.6. The van der Waals surface area contributed by atoms with Gasteiger partial charge in [0.1, 0.15) is 0 Å². The second kappa shape index (κ2) is 8.37. The molecule has 1 atom stereocenters. The van der Waals surface area contributed by atoms with E-state index in [4.69, 9.17) is 0 Å². The third-order valence-corrected chi connectivity index (χ3v) is 9.74. The van der Waals surface area contributed by atoms with E-state index in [0.29, 0.717) is 16.9 Å². The zero-order chi connectivity index (χ0) is 28.0. The van der Waals surface area contributed by atoms with E-state index in [9.17, 15) is 10.1 Å². The summed E-state index contributed by atoms with van der Waals surface area (Å²) < 4.78 is 0. The van der Waals surface area contributed by atoms with Crippen molar-refractivity contribution in [2.45, 2.75) is 11.8 Å². The quantitative estimate of drug-likeness (QED) is 0.166. The second-order valence-electron chi connectivity index (χ2n) is 11.6. The van der Waals surface area contributed by atoms with Gasteiger partial charge in [-0.05, 0) is 79.6 Å². The highest BCUT2D eigenvalue weighted by Crippen LogP contribution is 2.66. The minimum atomic E-state index is -0.537. The number of nitro benzene ring substituents is 1.